The molecule has 0 radical (unpaired) electrons. The van der Waals surface area contributed by atoms with Crippen LogP contribution in [0, 0.1) is 11.8 Å². The van der Waals surface area contributed by atoms with E-state index in [1.807, 2.05) is 18.2 Å². The zero-order valence-corrected chi connectivity index (χ0v) is 12.1. The average Bonchev–Trinajstić information content (AvgIpc) is 2.42. The van der Waals surface area contributed by atoms with Crippen molar-refractivity contribution < 1.29 is 4.79 Å². The van der Waals surface area contributed by atoms with Crippen molar-refractivity contribution in [1.29, 1.82) is 0 Å². The standard InChI is InChI=1S/C18H24O/c1-3-4-5-6-7-9-14-18(15-16(2)19)17-12-10-8-11-13-17/h8,10-13,18H,3-7,15H2,1-2H3/t18-/m0/s1. The first-order chi connectivity index (χ1) is 9.24. The number of unbranched alkanes of at least 4 members (excludes halogenated alkanes) is 4. The SMILES string of the molecule is CCCCCCC#C[C@@H](CC(C)=O)c1ccccc1. The summed E-state index contributed by atoms with van der Waals surface area (Å²) in [7, 11) is 0. The molecule has 0 fully saturated rings. The molecule has 0 unspecified atom stereocenters. The number of carbonyl (C=O) groups is 1. The normalized spacial score (nSPS) is 11.5. The lowest BCUT2D eigenvalue weighted by atomic mass is 9.94. The van der Waals surface area contributed by atoms with Crippen molar-refractivity contribution in [2.45, 2.75) is 58.3 Å². The van der Waals surface area contributed by atoms with E-state index < -0.39 is 0 Å². The Morgan fingerprint density at radius 3 is 2.53 bits per heavy atom. The second-order valence-corrected chi connectivity index (χ2v) is 5.00. The monoisotopic (exact) mass is 256 g/mol. The van der Waals surface area contributed by atoms with E-state index in [0.29, 0.717) is 6.42 Å². The van der Waals surface area contributed by atoms with Crippen LogP contribution in [-0.2, 0) is 4.79 Å². The molecule has 0 aliphatic carbocycles. The average molecular weight is 256 g/mol. The van der Waals surface area contributed by atoms with Crippen LogP contribution in [0.5, 0.6) is 0 Å². The lowest BCUT2D eigenvalue weighted by Gasteiger charge is -2.08. The Morgan fingerprint density at radius 1 is 1.16 bits per heavy atom. The van der Waals surface area contributed by atoms with Crippen molar-refractivity contribution in [2.75, 3.05) is 0 Å². The number of Topliss-reactive ketones (excluding diaryl/α,β-unsaturated/α-hetero) is 1. The van der Waals surface area contributed by atoms with Crippen molar-refractivity contribution >= 4 is 5.78 Å². The van der Waals surface area contributed by atoms with Gasteiger partial charge in [-0.1, -0.05) is 62.4 Å². The zero-order valence-electron chi connectivity index (χ0n) is 12.1. The molecule has 0 bridgehead atoms. The van der Waals surface area contributed by atoms with Gasteiger partial charge in [-0.05, 0) is 18.9 Å². The quantitative estimate of drug-likeness (QED) is 0.509. The third-order valence-corrected chi connectivity index (χ3v) is 3.13. The van der Waals surface area contributed by atoms with E-state index >= 15 is 0 Å². The molecule has 0 saturated heterocycles. The minimum absolute atomic E-state index is 0.0601. The predicted molar refractivity (Wildman–Crippen MR) is 81.0 cm³/mol. The predicted octanol–water partition coefficient (Wildman–Crippen LogP) is 4.72. The Bertz CT molecular complexity index is 422. The van der Waals surface area contributed by atoms with Crippen molar-refractivity contribution in [3.05, 3.63) is 35.9 Å². The fraction of sp³-hybridized carbons (Fsp3) is 0.500. The summed E-state index contributed by atoms with van der Waals surface area (Å²) in [5.74, 6) is 6.78. The summed E-state index contributed by atoms with van der Waals surface area (Å²) in [6.45, 7) is 3.85. The van der Waals surface area contributed by atoms with E-state index in [2.05, 4.69) is 30.9 Å². The van der Waals surface area contributed by atoms with E-state index in [1.165, 1.54) is 25.7 Å². The number of benzene rings is 1. The Morgan fingerprint density at radius 2 is 1.89 bits per heavy atom. The van der Waals surface area contributed by atoms with Gasteiger partial charge >= 0.3 is 0 Å². The topological polar surface area (TPSA) is 17.1 Å². The van der Waals surface area contributed by atoms with Gasteiger partial charge in [0.1, 0.15) is 5.78 Å². The maximum Gasteiger partial charge on any atom is 0.131 e. The lowest BCUT2D eigenvalue weighted by molar-refractivity contribution is -0.117. The van der Waals surface area contributed by atoms with E-state index in [4.69, 9.17) is 0 Å². The summed E-state index contributed by atoms with van der Waals surface area (Å²) in [6, 6.07) is 10.1. The molecular formula is C18H24O. The van der Waals surface area contributed by atoms with Gasteiger partial charge < -0.3 is 0 Å². The number of hydrogen-bond acceptors (Lipinski definition) is 1. The summed E-state index contributed by atoms with van der Waals surface area (Å²) in [6.07, 6.45) is 6.44. The van der Waals surface area contributed by atoms with E-state index in [9.17, 15) is 4.79 Å². The highest BCUT2D eigenvalue weighted by molar-refractivity contribution is 5.77. The van der Waals surface area contributed by atoms with E-state index in [-0.39, 0.29) is 11.7 Å². The highest BCUT2D eigenvalue weighted by atomic mass is 16.1. The number of ketones is 1. The third kappa shape index (κ3) is 6.82. The van der Waals surface area contributed by atoms with Crippen molar-refractivity contribution in [2.24, 2.45) is 0 Å². The molecule has 19 heavy (non-hydrogen) atoms. The minimum Gasteiger partial charge on any atom is -0.300 e. The van der Waals surface area contributed by atoms with Gasteiger partial charge in [-0.25, -0.2) is 0 Å². The molecule has 0 heterocycles. The molecule has 1 heteroatoms. The molecule has 1 rings (SSSR count). The number of carbonyl (C=O) groups excluding carboxylic acids is 1. The summed E-state index contributed by atoms with van der Waals surface area (Å²) in [5, 5.41) is 0. The molecule has 1 aromatic rings. The van der Waals surface area contributed by atoms with Gasteiger partial charge in [0.05, 0.1) is 5.92 Å². The zero-order chi connectivity index (χ0) is 13.9. The summed E-state index contributed by atoms with van der Waals surface area (Å²) in [5.41, 5.74) is 1.15. The molecule has 102 valence electrons. The fourth-order valence-corrected chi connectivity index (χ4v) is 2.06. The summed E-state index contributed by atoms with van der Waals surface area (Å²) < 4.78 is 0. The van der Waals surface area contributed by atoms with Gasteiger partial charge in [-0.3, -0.25) is 4.79 Å². The second kappa shape index (κ2) is 9.39. The second-order valence-electron chi connectivity index (χ2n) is 5.00. The Labute approximate surface area is 117 Å². The van der Waals surface area contributed by atoms with Crippen LogP contribution in [0.3, 0.4) is 0 Å². The molecule has 0 spiro atoms. The van der Waals surface area contributed by atoms with Gasteiger partial charge in [-0.15, -0.1) is 5.92 Å². The van der Waals surface area contributed by atoms with Crippen molar-refractivity contribution in [1.82, 2.24) is 0 Å². The Kier molecular flexibility index (Phi) is 7.66. The van der Waals surface area contributed by atoms with Crippen LogP contribution in [0.4, 0.5) is 0 Å². The maximum absolute atomic E-state index is 11.3. The van der Waals surface area contributed by atoms with Crippen LogP contribution in [0.15, 0.2) is 30.3 Å². The van der Waals surface area contributed by atoms with Crippen LogP contribution in [0.25, 0.3) is 0 Å². The molecule has 0 N–H and O–H groups in total. The van der Waals surface area contributed by atoms with E-state index in [0.717, 1.165) is 12.0 Å². The van der Waals surface area contributed by atoms with E-state index in [1.54, 1.807) is 6.92 Å². The lowest BCUT2D eigenvalue weighted by Crippen LogP contribution is -2.02. The molecule has 1 nitrogen and oxygen atoms in total. The highest BCUT2D eigenvalue weighted by Crippen LogP contribution is 2.19. The van der Waals surface area contributed by atoms with Crippen LogP contribution in [0.2, 0.25) is 0 Å². The molecule has 1 aromatic carbocycles. The molecule has 0 aliphatic heterocycles. The largest absolute Gasteiger partial charge is 0.300 e. The van der Waals surface area contributed by atoms with Crippen LogP contribution in [0.1, 0.15) is 63.9 Å². The van der Waals surface area contributed by atoms with Gasteiger partial charge in [0.2, 0.25) is 0 Å². The fourth-order valence-electron chi connectivity index (χ4n) is 2.06. The smallest absolute Gasteiger partial charge is 0.131 e. The number of hydrogen-bond donors (Lipinski definition) is 0. The first kappa shape index (κ1) is 15.5. The van der Waals surface area contributed by atoms with Crippen LogP contribution >= 0.6 is 0 Å². The molecule has 0 saturated carbocycles. The first-order valence-corrected chi connectivity index (χ1v) is 7.26. The summed E-state index contributed by atoms with van der Waals surface area (Å²) >= 11 is 0. The summed E-state index contributed by atoms with van der Waals surface area (Å²) in [4.78, 5) is 11.3. The third-order valence-electron chi connectivity index (χ3n) is 3.13. The molecule has 0 amide bonds. The maximum atomic E-state index is 11.3. The van der Waals surface area contributed by atoms with Gasteiger partial charge in [-0.2, -0.15) is 0 Å². The molecule has 0 aliphatic rings. The Hall–Kier alpha value is -1.55. The van der Waals surface area contributed by atoms with Crippen LogP contribution < -0.4 is 0 Å². The molecular weight excluding hydrogens is 232 g/mol. The minimum atomic E-state index is 0.0601. The van der Waals surface area contributed by atoms with Gasteiger partial charge in [0.25, 0.3) is 0 Å². The first-order valence-electron chi connectivity index (χ1n) is 7.26. The molecule has 1 atom stereocenters. The number of rotatable bonds is 7. The van der Waals surface area contributed by atoms with Crippen molar-refractivity contribution in [3.8, 4) is 11.8 Å². The van der Waals surface area contributed by atoms with Crippen molar-refractivity contribution in [3.63, 3.8) is 0 Å². The molecule has 0 aromatic heterocycles. The highest BCUT2D eigenvalue weighted by Gasteiger charge is 2.10. The van der Waals surface area contributed by atoms with Crippen LogP contribution in [-0.4, -0.2) is 5.78 Å². The Balaban J connectivity index is 2.56. The van der Waals surface area contributed by atoms with Gasteiger partial charge in [0, 0.05) is 12.8 Å². The van der Waals surface area contributed by atoms with Gasteiger partial charge in [0.15, 0.2) is 0 Å².